The van der Waals surface area contributed by atoms with Gasteiger partial charge in [-0.3, -0.25) is 4.57 Å². The number of hydrogen-bond donors (Lipinski definition) is 0. The molecule has 1 aliphatic rings. The summed E-state index contributed by atoms with van der Waals surface area (Å²) in [5.74, 6) is 1.04. The molecule has 3 aromatic rings. The number of ether oxygens (including phenoxy) is 1. The van der Waals surface area contributed by atoms with Crippen molar-refractivity contribution >= 4 is 23.4 Å². The molecule has 0 spiro atoms. The molecule has 4 nitrogen and oxygen atoms in total. The Hall–Kier alpha value is -2.03. The van der Waals surface area contributed by atoms with Crippen LogP contribution < -0.4 is 0 Å². The van der Waals surface area contributed by atoms with Crippen LogP contribution in [0.4, 0.5) is 13.2 Å². The van der Waals surface area contributed by atoms with E-state index in [0.717, 1.165) is 31.1 Å². The molecule has 1 saturated heterocycles. The molecule has 1 aromatic heterocycles. The Morgan fingerprint density at radius 3 is 2.63 bits per heavy atom. The highest BCUT2D eigenvalue weighted by Gasteiger charge is 2.30. The highest BCUT2D eigenvalue weighted by molar-refractivity contribution is 7.98. The molecule has 0 saturated carbocycles. The first kappa shape index (κ1) is 21.2. The minimum atomic E-state index is -4.36. The average Bonchev–Trinajstić information content (AvgIpc) is 3.37. The lowest BCUT2D eigenvalue weighted by Gasteiger charge is -2.15. The second-order valence-electron chi connectivity index (χ2n) is 7.05. The van der Waals surface area contributed by atoms with Crippen molar-refractivity contribution in [3.8, 4) is 11.4 Å². The van der Waals surface area contributed by atoms with Gasteiger partial charge in [-0.1, -0.05) is 41.6 Å². The summed E-state index contributed by atoms with van der Waals surface area (Å²) in [4.78, 5) is 0. The van der Waals surface area contributed by atoms with Gasteiger partial charge in [-0.15, -0.1) is 10.2 Å². The van der Waals surface area contributed by atoms with Gasteiger partial charge < -0.3 is 4.74 Å². The van der Waals surface area contributed by atoms with E-state index in [9.17, 15) is 13.2 Å². The van der Waals surface area contributed by atoms with Crippen LogP contribution in [-0.2, 0) is 23.2 Å². The van der Waals surface area contributed by atoms with Crippen LogP contribution in [0.2, 0.25) is 5.02 Å². The Bertz CT molecular complexity index is 1000. The van der Waals surface area contributed by atoms with Crippen molar-refractivity contribution in [3.63, 3.8) is 0 Å². The molecule has 0 aliphatic carbocycles. The van der Waals surface area contributed by atoms with Gasteiger partial charge in [0.15, 0.2) is 11.0 Å². The second-order valence-corrected chi connectivity index (χ2v) is 8.42. The minimum absolute atomic E-state index is 0.0694. The Morgan fingerprint density at radius 2 is 1.93 bits per heavy atom. The molecule has 0 amide bonds. The van der Waals surface area contributed by atoms with Crippen molar-refractivity contribution in [1.82, 2.24) is 14.8 Å². The fraction of sp³-hybridized carbons (Fsp3) is 0.333. The largest absolute Gasteiger partial charge is 0.416 e. The van der Waals surface area contributed by atoms with Gasteiger partial charge in [0.25, 0.3) is 0 Å². The van der Waals surface area contributed by atoms with E-state index in [4.69, 9.17) is 16.3 Å². The molecule has 2 aromatic carbocycles. The number of alkyl halides is 3. The van der Waals surface area contributed by atoms with E-state index in [2.05, 4.69) is 10.2 Å². The second kappa shape index (κ2) is 8.99. The maximum absolute atomic E-state index is 13.0. The molecule has 1 unspecified atom stereocenters. The third-order valence-electron chi connectivity index (χ3n) is 4.85. The zero-order valence-corrected chi connectivity index (χ0v) is 17.5. The van der Waals surface area contributed by atoms with E-state index >= 15 is 0 Å². The molecule has 2 heterocycles. The monoisotopic (exact) mass is 453 g/mol. The van der Waals surface area contributed by atoms with Gasteiger partial charge in [0.2, 0.25) is 0 Å². The fourth-order valence-electron chi connectivity index (χ4n) is 3.35. The lowest BCUT2D eigenvalue weighted by Crippen LogP contribution is -2.16. The smallest absolute Gasteiger partial charge is 0.376 e. The summed E-state index contributed by atoms with van der Waals surface area (Å²) in [6, 6.07) is 12.7. The van der Waals surface area contributed by atoms with Gasteiger partial charge in [0.1, 0.15) is 0 Å². The van der Waals surface area contributed by atoms with Crippen molar-refractivity contribution in [2.45, 2.75) is 42.6 Å². The molecule has 1 atom stereocenters. The summed E-state index contributed by atoms with van der Waals surface area (Å²) in [5, 5.41) is 9.92. The van der Waals surface area contributed by atoms with Crippen LogP contribution in [0.3, 0.4) is 0 Å². The number of nitrogens with zero attached hydrogens (tertiary/aromatic N) is 3. The van der Waals surface area contributed by atoms with Crippen LogP contribution in [0.25, 0.3) is 11.4 Å². The van der Waals surface area contributed by atoms with Crippen molar-refractivity contribution in [1.29, 1.82) is 0 Å². The normalized spacial score (nSPS) is 16.9. The molecule has 158 valence electrons. The van der Waals surface area contributed by atoms with E-state index in [1.807, 2.05) is 16.7 Å². The van der Waals surface area contributed by atoms with Gasteiger partial charge >= 0.3 is 6.18 Å². The van der Waals surface area contributed by atoms with E-state index < -0.39 is 11.7 Å². The number of thioether (sulfide) groups is 1. The van der Waals surface area contributed by atoms with Crippen LogP contribution in [0.15, 0.2) is 53.7 Å². The number of halogens is 4. The Kier molecular flexibility index (Phi) is 6.36. The van der Waals surface area contributed by atoms with E-state index in [-0.39, 0.29) is 6.10 Å². The summed E-state index contributed by atoms with van der Waals surface area (Å²) in [6.45, 7) is 1.33. The highest BCUT2D eigenvalue weighted by atomic mass is 35.5. The zero-order chi connectivity index (χ0) is 21.1. The first-order chi connectivity index (χ1) is 14.4. The summed E-state index contributed by atoms with van der Waals surface area (Å²) in [6.07, 6.45) is -2.33. The lowest BCUT2D eigenvalue weighted by molar-refractivity contribution is -0.137. The molecule has 0 radical (unpaired) electrons. The summed E-state index contributed by atoms with van der Waals surface area (Å²) < 4.78 is 46.7. The molecular weight excluding hydrogens is 435 g/mol. The van der Waals surface area contributed by atoms with E-state index in [1.54, 1.807) is 18.2 Å². The summed E-state index contributed by atoms with van der Waals surface area (Å²) in [7, 11) is 0. The van der Waals surface area contributed by atoms with Gasteiger partial charge in [-0.25, -0.2) is 0 Å². The highest BCUT2D eigenvalue weighted by Crippen LogP contribution is 2.32. The maximum atomic E-state index is 13.0. The quantitative estimate of drug-likeness (QED) is 0.423. The molecular formula is C21H19ClF3N3OS. The van der Waals surface area contributed by atoms with Crippen LogP contribution >= 0.6 is 23.4 Å². The third kappa shape index (κ3) is 4.99. The topological polar surface area (TPSA) is 39.9 Å². The molecule has 0 bridgehead atoms. The Morgan fingerprint density at radius 1 is 1.13 bits per heavy atom. The van der Waals surface area contributed by atoms with Gasteiger partial charge in [-0.05, 0) is 48.7 Å². The van der Waals surface area contributed by atoms with Crippen molar-refractivity contribution in [3.05, 3.63) is 64.7 Å². The SMILES string of the molecule is FC(F)(F)c1cccc(CSc2nnc(-c3ccc(Cl)cc3)n2CC2CCCO2)c1. The number of rotatable bonds is 6. The Balaban J connectivity index is 1.58. The van der Waals surface area contributed by atoms with Crippen LogP contribution in [-0.4, -0.2) is 27.5 Å². The van der Waals surface area contributed by atoms with Crippen molar-refractivity contribution in [2.75, 3.05) is 6.61 Å². The summed E-state index contributed by atoms with van der Waals surface area (Å²) in [5.41, 5.74) is 0.800. The van der Waals surface area contributed by atoms with Gasteiger partial charge in [0, 0.05) is 22.9 Å². The molecule has 0 N–H and O–H groups in total. The zero-order valence-electron chi connectivity index (χ0n) is 15.9. The van der Waals surface area contributed by atoms with Crippen molar-refractivity contribution in [2.24, 2.45) is 0 Å². The molecule has 4 rings (SSSR count). The van der Waals surface area contributed by atoms with Crippen molar-refractivity contribution < 1.29 is 17.9 Å². The van der Waals surface area contributed by atoms with E-state index in [0.29, 0.717) is 33.9 Å². The number of aromatic nitrogens is 3. The number of hydrogen-bond acceptors (Lipinski definition) is 4. The lowest BCUT2D eigenvalue weighted by atomic mass is 10.1. The number of benzene rings is 2. The predicted octanol–water partition coefficient (Wildman–Crippen LogP) is 6.09. The van der Waals surface area contributed by atoms with Crippen LogP contribution in [0.1, 0.15) is 24.0 Å². The Labute approximate surface area is 181 Å². The molecule has 9 heteroatoms. The average molecular weight is 454 g/mol. The first-order valence-corrected chi connectivity index (χ1v) is 10.9. The summed E-state index contributed by atoms with van der Waals surface area (Å²) >= 11 is 7.36. The van der Waals surface area contributed by atoms with Gasteiger partial charge in [0.05, 0.1) is 18.2 Å². The molecule has 1 aliphatic heterocycles. The first-order valence-electron chi connectivity index (χ1n) is 9.50. The minimum Gasteiger partial charge on any atom is -0.376 e. The van der Waals surface area contributed by atoms with Gasteiger partial charge in [-0.2, -0.15) is 13.2 Å². The fourth-order valence-corrected chi connectivity index (χ4v) is 4.37. The van der Waals surface area contributed by atoms with E-state index in [1.165, 1.54) is 23.9 Å². The standard InChI is InChI=1S/C21H19ClF3N3OS/c22-17-8-6-15(7-9-17)19-26-27-20(28(19)12-18-5-2-10-29-18)30-13-14-3-1-4-16(11-14)21(23,24)25/h1,3-4,6-9,11,18H,2,5,10,12-13H2. The van der Waals surface area contributed by atoms with Crippen LogP contribution in [0.5, 0.6) is 0 Å². The molecule has 1 fully saturated rings. The van der Waals surface area contributed by atoms with Crippen LogP contribution in [0, 0.1) is 0 Å². The predicted molar refractivity (Wildman–Crippen MR) is 110 cm³/mol. The molecule has 30 heavy (non-hydrogen) atoms. The third-order valence-corrected chi connectivity index (χ3v) is 6.14. The maximum Gasteiger partial charge on any atom is 0.416 e.